The molecule has 0 fully saturated rings. The van der Waals surface area contributed by atoms with E-state index in [1.807, 2.05) is 36.4 Å². The number of aromatic nitrogens is 1. The minimum Gasteiger partial charge on any atom is -0.307 e. The van der Waals surface area contributed by atoms with Crippen LogP contribution in [0, 0.1) is 0 Å². The smallest absolute Gasteiger partial charge is 0.257 e. The number of hydrogen-bond donors (Lipinski definition) is 1. The van der Waals surface area contributed by atoms with E-state index in [0.29, 0.717) is 11.4 Å². The number of hydrogen-bond acceptors (Lipinski definition) is 4. The highest BCUT2D eigenvalue weighted by Gasteiger charge is 2.12. The lowest BCUT2D eigenvalue weighted by atomic mass is 10.2. The third-order valence-electron chi connectivity index (χ3n) is 3.05. The fourth-order valence-electron chi connectivity index (χ4n) is 1.96. The third-order valence-corrected chi connectivity index (χ3v) is 5.70. The summed E-state index contributed by atoms with van der Waals surface area (Å²) in [6.07, 6.45) is 1.66. The summed E-state index contributed by atoms with van der Waals surface area (Å²) >= 11 is 6.72. The number of carbonyl (C=O) groups excluding carboxylic acids is 1. The second kappa shape index (κ2) is 7.77. The maximum atomic E-state index is 12.5. The molecule has 6 heteroatoms. The number of pyridine rings is 1. The maximum Gasteiger partial charge on any atom is 0.257 e. The second-order valence-electron chi connectivity index (χ2n) is 4.68. The van der Waals surface area contributed by atoms with E-state index < -0.39 is 0 Å². The standard InChI is InChI=1S/C17H13BrN2OS2/c18-12-7-8-16(19-10-12)20-17(21)14-5-1-2-6-15(14)23-11-13-4-3-9-22-13/h1-10H,11H2,(H,19,20,21). The molecule has 0 spiro atoms. The van der Waals surface area contributed by atoms with Crippen molar-refractivity contribution in [2.75, 3.05) is 5.32 Å². The second-order valence-corrected chi connectivity index (χ2v) is 7.65. The van der Waals surface area contributed by atoms with Gasteiger partial charge in [0.2, 0.25) is 0 Å². The molecule has 0 saturated heterocycles. The molecule has 3 aromatic rings. The van der Waals surface area contributed by atoms with E-state index in [9.17, 15) is 4.79 Å². The fourth-order valence-corrected chi connectivity index (χ4v) is 4.01. The molecule has 23 heavy (non-hydrogen) atoms. The molecule has 0 bridgehead atoms. The molecule has 0 unspecified atom stereocenters. The number of thioether (sulfide) groups is 1. The Bertz CT molecular complexity index is 789. The van der Waals surface area contributed by atoms with Crippen molar-refractivity contribution >= 4 is 50.8 Å². The van der Waals surface area contributed by atoms with Crippen LogP contribution < -0.4 is 5.32 Å². The van der Waals surface area contributed by atoms with Gasteiger partial charge in [-0.25, -0.2) is 4.98 Å². The molecule has 0 aliphatic carbocycles. The van der Waals surface area contributed by atoms with Crippen molar-refractivity contribution in [2.45, 2.75) is 10.6 Å². The topological polar surface area (TPSA) is 42.0 Å². The SMILES string of the molecule is O=C(Nc1ccc(Br)cn1)c1ccccc1SCc1cccs1. The third kappa shape index (κ3) is 4.43. The van der Waals surface area contributed by atoms with Crippen LogP contribution in [0.15, 0.2) is 69.5 Å². The van der Waals surface area contributed by atoms with Gasteiger partial charge in [-0.2, -0.15) is 0 Å². The van der Waals surface area contributed by atoms with Gasteiger partial charge in [0.1, 0.15) is 5.82 Å². The van der Waals surface area contributed by atoms with Crippen LogP contribution in [0.2, 0.25) is 0 Å². The van der Waals surface area contributed by atoms with Crippen molar-refractivity contribution in [2.24, 2.45) is 0 Å². The van der Waals surface area contributed by atoms with E-state index in [4.69, 9.17) is 0 Å². The quantitative estimate of drug-likeness (QED) is 0.574. The molecule has 1 amide bonds. The van der Waals surface area contributed by atoms with Crippen molar-refractivity contribution in [1.82, 2.24) is 4.98 Å². The Morgan fingerprint density at radius 2 is 2.04 bits per heavy atom. The summed E-state index contributed by atoms with van der Waals surface area (Å²) in [5, 5.41) is 4.90. The van der Waals surface area contributed by atoms with Gasteiger partial charge in [0, 0.05) is 26.2 Å². The highest BCUT2D eigenvalue weighted by Crippen LogP contribution is 2.28. The van der Waals surface area contributed by atoms with Crippen LogP contribution in [0.25, 0.3) is 0 Å². The Morgan fingerprint density at radius 1 is 1.17 bits per heavy atom. The van der Waals surface area contributed by atoms with Gasteiger partial charge >= 0.3 is 0 Å². The van der Waals surface area contributed by atoms with E-state index in [0.717, 1.165) is 15.1 Å². The predicted molar refractivity (Wildman–Crippen MR) is 100 cm³/mol. The van der Waals surface area contributed by atoms with Crippen LogP contribution in [0.1, 0.15) is 15.2 Å². The van der Waals surface area contributed by atoms with Gasteiger partial charge in [-0.3, -0.25) is 4.79 Å². The van der Waals surface area contributed by atoms with Gasteiger partial charge in [0.05, 0.1) is 5.56 Å². The molecule has 0 saturated carbocycles. The fraction of sp³-hybridized carbons (Fsp3) is 0.0588. The molecular formula is C17H13BrN2OS2. The summed E-state index contributed by atoms with van der Waals surface area (Å²) < 4.78 is 0.877. The Kier molecular flexibility index (Phi) is 5.48. The Labute approximate surface area is 151 Å². The molecular weight excluding hydrogens is 392 g/mol. The highest BCUT2D eigenvalue weighted by atomic mass is 79.9. The molecule has 2 heterocycles. The van der Waals surface area contributed by atoms with Gasteiger partial charge in [-0.05, 0) is 51.6 Å². The summed E-state index contributed by atoms with van der Waals surface area (Å²) in [5.41, 5.74) is 0.666. The first kappa shape index (κ1) is 16.2. The zero-order chi connectivity index (χ0) is 16.1. The zero-order valence-electron chi connectivity index (χ0n) is 12.0. The van der Waals surface area contributed by atoms with Gasteiger partial charge in [-0.1, -0.05) is 18.2 Å². The summed E-state index contributed by atoms with van der Waals surface area (Å²) in [4.78, 5) is 18.9. The molecule has 2 aromatic heterocycles. The van der Waals surface area contributed by atoms with Crippen molar-refractivity contribution in [3.05, 3.63) is 75.0 Å². The van der Waals surface area contributed by atoms with E-state index in [-0.39, 0.29) is 5.91 Å². The van der Waals surface area contributed by atoms with Crippen LogP contribution in [-0.4, -0.2) is 10.9 Å². The van der Waals surface area contributed by atoms with E-state index in [1.165, 1.54) is 4.88 Å². The van der Waals surface area contributed by atoms with Crippen LogP contribution >= 0.6 is 39.0 Å². The first-order chi connectivity index (χ1) is 11.2. The van der Waals surface area contributed by atoms with Gasteiger partial charge in [0.25, 0.3) is 5.91 Å². The number of thiophene rings is 1. The van der Waals surface area contributed by atoms with Crippen LogP contribution in [-0.2, 0) is 5.75 Å². The van der Waals surface area contributed by atoms with Gasteiger partial charge in [-0.15, -0.1) is 23.1 Å². The average Bonchev–Trinajstić information content (AvgIpc) is 3.09. The molecule has 0 aliphatic heterocycles. The normalized spacial score (nSPS) is 10.5. The van der Waals surface area contributed by atoms with Crippen molar-refractivity contribution in [3.8, 4) is 0 Å². The number of amides is 1. The number of benzene rings is 1. The molecule has 1 N–H and O–H groups in total. The monoisotopic (exact) mass is 404 g/mol. The highest BCUT2D eigenvalue weighted by molar-refractivity contribution is 9.10. The van der Waals surface area contributed by atoms with Crippen LogP contribution in [0.5, 0.6) is 0 Å². The van der Waals surface area contributed by atoms with E-state index in [2.05, 4.69) is 37.7 Å². The van der Waals surface area contributed by atoms with E-state index in [1.54, 1.807) is 35.4 Å². The lowest BCUT2D eigenvalue weighted by molar-refractivity contribution is 0.102. The Morgan fingerprint density at radius 3 is 2.78 bits per heavy atom. The van der Waals surface area contributed by atoms with Crippen LogP contribution in [0.4, 0.5) is 5.82 Å². The van der Waals surface area contributed by atoms with Crippen molar-refractivity contribution in [1.29, 1.82) is 0 Å². The predicted octanol–water partition coefficient (Wildman–Crippen LogP) is 5.45. The lowest BCUT2D eigenvalue weighted by Gasteiger charge is -2.09. The lowest BCUT2D eigenvalue weighted by Crippen LogP contribution is -2.13. The summed E-state index contributed by atoms with van der Waals surface area (Å²) in [6.45, 7) is 0. The van der Waals surface area contributed by atoms with E-state index >= 15 is 0 Å². The number of nitrogens with one attached hydrogen (secondary N) is 1. The molecule has 3 rings (SSSR count). The van der Waals surface area contributed by atoms with Gasteiger partial charge < -0.3 is 5.32 Å². The zero-order valence-corrected chi connectivity index (χ0v) is 15.2. The molecule has 3 nitrogen and oxygen atoms in total. The summed E-state index contributed by atoms with van der Waals surface area (Å²) in [6, 6.07) is 15.4. The first-order valence-electron chi connectivity index (χ1n) is 6.89. The average molecular weight is 405 g/mol. The molecule has 0 atom stereocenters. The van der Waals surface area contributed by atoms with Gasteiger partial charge in [0.15, 0.2) is 0 Å². The summed E-state index contributed by atoms with van der Waals surface area (Å²) in [7, 11) is 0. The minimum absolute atomic E-state index is 0.144. The molecule has 0 aliphatic rings. The van der Waals surface area contributed by atoms with Crippen molar-refractivity contribution < 1.29 is 4.79 Å². The minimum atomic E-state index is -0.144. The van der Waals surface area contributed by atoms with Crippen LogP contribution in [0.3, 0.4) is 0 Å². The number of halogens is 1. The summed E-state index contributed by atoms with van der Waals surface area (Å²) in [5.74, 6) is 1.25. The largest absolute Gasteiger partial charge is 0.307 e. The van der Waals surface area contributed by atoms with Crippen molar-refractivity contribution in [3.63, 3.8) is 0 Å². The Hall–Kier alpha value is -1.63. The number of anilines is 1. The number of carbonyl (C=O) groups is 1. The first-order valence-corrected chi connectivity index (χ1v) is 9.55. The molecule has 116 valence electrons. The molecule has 0 radical (unpaired) electrons. The maximum absolute atomic E-state index is 12.5. The number of nitrogens with zero attached hydrogens (tertiary/aromatic N) is 1. The molecule has 1 aromatic carbocycles. The number of rotatable bonds is 5. The Balaban J connectivity index is 1.73.